The molecule has 1 aromatic carbocycles. The van der Waals surface area contributed by atoms with E-state index in [9.17, 15) is 9.59 Å². The van der Waals surface area contributed by atoms with Gasteiger partial charge in [-0.1, -0.05) is 42.5 Å². The van der Waals surface area contributed by atoms with Crippen molar-refractivity contribution in [1.29, 1.82) is 0 Å². The van der Waals surface area contributed by atoms with Crippen LogP contribution in [0.5, 0.6) is 0 Å². The van der Waals surface area contributed by atoms with Gasteiger partial charge < -0.3 is 14.8 Å². The van der Waals surface area contributed by atoms with Gasteiger partial charge in [0.05, 0.1) is 0 Å². The van der Waals surface area contributed by atoms with Gasteiger partial charge in [0.25, 0.3) is 11.5 Å². The first-order valence-corrected chi connectivity index (χ1v) is 10.1. The molecule has 2 bridgehead atoms. The number of pyridine rings is 1. The number of nitrogens with zero attached hydrogens (tertiary/aromatic N) is 2. The Kier molecular flexibility index (Phi) is 6.93. The van der Waals surface area contributed by atoms with Crippen molar-refractivity contribution in [2.75, 3.05) is 26.2 Å². The van der Waals surface area contributed by atoms with Crippen LogP contribution in [0.25, 0.3) is 6.08 Å². The molecule has 2 atom stereocenters. The van der Waals surface area contributed by atoms with Crippen molar-refractivity contribution >= 4 is 24.4 Å². The molecule has 3 heterocycles. The fourth-order valence-corrected chi connectivity index (χ4v) is 4.36. The Morgan fingerprint density at radius 1 is 1.21 bits per heavy atom. The normalized spacial score (nSPS) is 20.0. The number of fused-ring (bicyclic) bond motifs is 4. The molecule has 0 radical (unpaired) electrons. The van der Waals surface area contributed by atoms with Gasteiger partial charge in [-0.2, -0.15) is 0 Å². The van der Waals surface area contributed by atoms with E-state index < -0.39 is 0 Å². The summed E-state index contributed by atoms with van der Waals surface area (Å²) < 4.78 is 1.85. The van der Waals surface area contributed by atoms with Crippen molar-refractivity contribution in [3.8, 4) is 0 Å². The van der Waals surface area contributed by atoms with E-state index in [1.807, 2.05) is 60.0 Å². The molecule has 1 N–H and O–H groups in total. The van der Waals surface area contributed by atoms with Crippen molar-refractivity contribution in [1.82, 2.24) is 14.8 Å². The molecule has 0 aliphatic carbocycles. The van der Waals surface area contributed by atoms with Gasteiger partial charge >= 0.3 is 0 Å². The van der Waals surface area contributed by atoms with Gasteiger partial charge in [-0.25, -0.2) is 0 Å². The largest absolute Gasteiger partial charge is 0.335 e. The molecule has 6 heteroatoms. The first kappa shape index (κ1) is 21.3. The van der Waals surface area contributed by atoms with E-state index in [4.69, 9.17) is 0 Å². The molecule has 0 spiro atoms. The fraction of sp³-hybridized carbons (Fsp3) is 0.391. The average molecular weight is 414 g/mol. The van der Waals surface area contributed by atoms with E-state index in [1.54, 1.807) is 11.0 Å². The number of likely N-dealkylation sites (N-methyl/N-ethyl adjacent to an activating group) is 1. The molecule has 2 aromatic rings. The van der Waals surface area contributed by atoms with Crippen LogP contribution < -0.4 is 10.9 Å². The van der Waals surface area contributed by atoms with Crippen molar-refractivity contribution < 1.29 is 4.79 Å². The van der Waals surface area contributed by atoms with Gasteiger partial charge in [0, 0.05) is 37.8 Å². The minimum absolute atomic E-state index is 0. The van der Waals surface area contributed by atoms with Gasteiger partial charge in [0.2, 0.25) is 0 Å². The van der Waals surface area contributed by atoms with Crippen LogP contribution in [0, 0.1) is 5.92 Å². The minimum atomic E-state index is -0.186. The number of halogens is 1. The number of carbonyl (C=O) groups excluding carboxylic acids is 1. The van der Waals surface area contributed by atoms with Crippen LogP contribution in [-0.2, 0) is 6.54 Å². The summed E-state index contributed by atoms with van der Waals surface area (Å²) >= 11 is 0. The molecular formula is C23H28ClN3O2. The zero-order valence-corrected chi connectivity index (χ0v) is 17.5. The second-order valence-electron chi connectivity index (χ2n) is 7.70. The number of aromatic nitrogens is 1. The third-order valence-electron chi connectivity index (χ3n) is 5.84. The maximum Gasteiger partial charge on any atom is 0.263 e. The summed E-state index contributed by atoms with van der Waals surface area (Å²) in [4.78, 5) is 27.8. The number of rotatable bonds is 5. The topological polar surface area (TPSA) is 54.3 Å². The van der Waals surface area contributed by atoms with Crippen LogP contribution in [0.1, 0.15) is 40.9 Å². The molecule has 0 unspecified atom stereocenters. The highest BCUT2D eigenvalue weighted by Crippen LogP contribution is 2.31. The molecule has 2 aliphatic rings. The van der Waals surface area contributed by atoms with Crippen LogP contribution in [-0.4, -0.2) is 41.6 Å². The van der Waals surface area contributed by atoms with E-state index in [-0.39, 0.29) is 29.4 Å². The van der Waals surface area contributed by atoms with E-state index >= 15 is 0 Å². The number of hydrogen-bond acceptors (Lipinski definition) is 3. The summed E-state index contributed by atoms with van der Waals surface area (Å²) in [7, 11) is 0. The molecule has 0 saturated carbocycles. The van der Waals surface area contributed by atoms with E-state index in [1.165, 1.54) is 0 Å². The summed E-state index contributed by atoms with van der Waals surface area (Å²) in [6, 6.07) is 13.7. The van der Waals surface area contributed by atoms with Crippen LogP contribution in [0.3, 0.4) is 0 Å². The molecular weight excluding hydrogens is 386 g/mol. The Balaban J connectivity index is 0.00000240. The van der Waals surface area contributed by atoms with Gasteiger partial charge in [-0.05, 0) is 43.5 Å². The fourth-order valence-electron chi connectivity index (χ4n) is 4.36. The monoisotopic (exact) mass is 413 g/mol. The van der Waals surface area contributed by atoms with Gasteiger partial charge in [0.1, 0.15) is 5.56 Å². The molecule has 4 rings (SSSR count). The number of piperidine rings is 1. The lowest BCUT2D eigenvalue weighted by Crippen LogP contribution is -2.46. The predicted octanol–water partition coefficient (Wildman–Crippen LogP) is 3.15. The number of nitrogens with one attached hydrogen (secondary N) is 1. The lowest BCUT2D eigenvalue weighted by Gasteiger charge is -2.37. The predicted molar refractivity (Wildman–Crippen MR) is 119 cm³/mol. The molecule has 154 valence electrons. The Bertz CT molecular complexity index is 939. The molecule has 1 aromatic heterocycles. The van der Waals surface area contributed by atoms with Gasteiger partial charge in [-0.15, -0.1) is 12.4 Å². The third kappa shape index (κ3) is 4.46. The number of amides is 1. The lowest BCUT2D eigenvalue weighted by atomic mass is 9.84. The van der Waals surface area contributed by atoms with E-state index in [0.717, 1.165) is 30.8 Å². The second kappa shape index (κ2) is 9.42. The highest BCUT2D eigenvalue weighted by atomic mass is 35.5. The highest BCUT2D eigenvalue weighted by Gasteiger charge is 2.32. The Hall–Kier alpha value is -2.37. The Morgan fingerprint density at radius 3 is 2.76 bits per heavy atom. The number of hydrogen-bond donors (Lipinski definition) is 1. The summed E-state index contributed by atoms with van der Waals surface area (Å²) in [5.41, 5.74) is 2.31. The first-order valence-electron chi connectivity index (χ1n) is 10.1. The molecule has 2 aliphatic heterocycles. The first-order chi connectivity index (χ1) is 13.7. The summed E-state index contributed by atoms with van der Waals surface area (Å²) in [5, 5.41) is 3.45. The Labute approximate surface area is 177 Å². The summed E-state index contributed by atoms with van der Waals surface area (Å²) in [6.07, 6.45) is 5.11. The zero-order valence-electron chi connectivity index (χ0n) is 16.7. The highest BCUT2D eigenvalue weighted by molar-refractivity contribution is 5.94. The molecule has 1 fully saturated rings. The van der Waals surface area contributed by atoms with Gasteiger partial charge in [-0.3, -0.25) is 9.59 Å². The van der Waals surface area contributed by atoms with Crippen molar-refractivity contribution in [2.24, 2.45) is 5.92 Å². The van der Waals surface area contributed by atoms with E-state index in [0.29, 0.717) is 31.5 Å². The van der Waals surface area contributed by atoms with Crippen LogP contribution in [0.15, 0.2) is 53.3 Å². The molecule has 5 nitrogen and oxygen atoms in total. The van der Waals surface area contributed by atoms with Crippen molar-refractivity contribution in [3.63, 3.8) is 0 Å². The Morgan fingerprint density at radius 2 is 2.00 bits per heavy atom. The van der Waals surface area contributed by atoms with E-state index in [2.05, 4.69) is 5.32 Å². The molecule has 1 saturated heterocycles. The summed E-state index contributed by atoms with van der Waals surface area (Å²) in [6.45, 7) is 5.56. The van der Waals surface area contributed by atoms with Crippen LogP contribution in [0.2, 0.25) is 0 Å². The number of carbonyl (C=O) groups is 1. The molecule has 1 amide bonds. The third-order valence-corrected chi connectivity index (χ3v) is 5.84. The zero-order chi connectivity index (χ0) is 19.5. The summed E-state index contributed by atoms with van der Waals surface area (Å²) in [5.74, 6) is 0.667. The average Bonchev–Trinajstić information content (AvgIpc) is 2.73. The maximum absolute atomic E-state index is 13.1. The maximum atomic E-state index is 13.1. The standard InChI is InChI=1S/C23H27N3O2.ClH/c1-2-25(12-6-9-17-7-4-3-5-8-17)22(27)20-10-11-21-19-13-18(14-24-15-19)16-26(21)23(20)28;/h3-11,18-19,24H,2,12-16H2,1H3;1H/b9-6+;/t18-,19+;/m0./s1. The van der Waals surface area contributed by atoms with Gasteiger partial charge in [0.15, 0.2) is 0 Å². The number of benzene rings is 1. The SMILES string of the molecule is CCN(C/C=C/c1ccccc1)C(=O)c1ccc2n(c1=O)C[C@@H]1CNC[C@H]2C1.Cl. The quantitative estimate of drug-likeness (QED) is 0.819. The van der Waals surface area contributed by atoms with Crippen molar-refractivity contribution in [2.45, 2.75) is 25.8 Å². The minimum Gasteiger partial charge on any atom is -0.335 e. The second-order valence-corrected chi connectivity index (χ2v) is 7.70. The lowest BCUT2D eigenvalue weighted by molar-refractivity contribution is 0.0779. The smallest absolute Gasteiger partial charge is 0.263 e. The van der Waals surface area contributed by atoms with Crippen molar-refractivity contribution in [3.05, 3.63) is 75.7 Å². The van der Waals surface area contributed by atoms with Crippen LogP contribution >= 0.6 is 12.4 Å². The molecule has 29 heavy (non-hydrogen) atoms. The van der Waals surface area contributed by atoms with Crippen LogP contribution in [0.4, 0.5) is 0 Å².